The molecule has 0 bridgehead atoms. The monoisotopic (exact) mass is 186 g/mol. The average Bonchev–Trinajstić information content (AvgIpc) is 2.33. The molecule has 3 nitrogen and oxygen atoms in total. The second-order valence-corrected chi connectivity index (χ2v) is 3.37. The molecular formula is C8H10O3S. The summed E-state index contributed by atoms with van der Waals surface area (Å²) in [6.07, 6.45) is -1.09. The molecule has 0 aliphatic rings. The van der Waals surface area contributed by atoms with E-state index in [0.29, 0.717) is 0 Å². The third kappa shape index (κ3) is 2.06. The van der Waals surface area contributed by atoms with Crippen LogP contribution in [0.2, 0.25) is 0 Å². The van der Waals surface area contributed by atoms with Gasteiger partial charge in [-0.25, -0.2) is 0 Å². The van der Waals surface area contributed by atoms with Gasteiger partial charge >= 0.3 is 5.97 Å². The SMILES string of the molecule is Cc1cscc1C(O)CC(=O)O. The Bertz CT molecular complexity index is 280. The maximum absolute atomic E-state index is 10.3. The predicted molar refractivity (Wildman–Crippen MR) is 46.3 cm³/mol. The summed E-state index contributed by atoms with van der Waals surface area (Å²) in [6, 6.07) is 0. The van der Waals surface area contributed by atoms with E-state index in [2.05, 4.69) is 0 Å². The highest BCUT2D eigenvalue weighted by atomic mass is 32.1. The molecule has 0 aromatic carbocycles. The first-order valence-electron chi connectivity index (χ1n) is 3.54. The van der Waals surface area contributed by atoms with E-state index in [1.165, 1.54) is 11.3 Å². The molecule has 1 aromatic rings. The number of aliphatic hydroxyl groups is 1. The van der Waals surface area contributed by atoms with Gasteiger partial charge in [-0.3, -0.25) is 4.79 Å². The Morgan fingerprint density at radius 1 is 1.67 bits per heavy atom. The third-order valence-electron chi connectivity index (χ3n) is 1.62. The molecule has 0 saturated carbocycles. The Morgan fingerprint density at radius 2 is 2.33 bits per heavy atom. The van der Waals surface area contributed by atoms with Gasteiger partial charge in [-0.1, -0.05) is 0 Å². The van der Waals surface area contributed by atoms with Gasteiger partial charge in [0.15, 0.2) is 0 Å². The molecule has 0 fully saturated rings. The van der Waals surface area contributed by atoms with Crippen LogP contribution in [0.25, 0.3) is 0 Å². The number of hydrogen-bond donors (Lipinski definition) is 2. The van der Waals surface area contributed by atoms with Crippen molar-refractivity contribution >= 4 is 17.3 Å². The number of aryl methyl sites for hydroxylation is 1. The van der Waals surface area contributed by atoms with Crippen molar-refractivity contribution in [2.24, 2.45) is 0 Å². The summed E-state index contributed by atoms with van der Waals surface area (Å²) in [5.74, 6) is -0.979. The van der Waals surface area contributed by atoms with Gasteiger partial charge in [0.25, 0.3) is 0 Å². The van der Waals surface area contributed by atoms with E-state index in [1.54, 1.807) is 5.38 Å². The Labute approximate surface area is 74.3 Å². The standard InChI is InChI=1S/C8H10O3S/c1-5-3-12-4-6(5)7(9)2-8(10)11/h3-4,7,9H,2H2,1H3,(H,10,11). The van der Waals surface area contributed by atoms with Crippen molar-refractivity contribution in [2.75, 3.05) is 0 Å². The van der Waals surface area contributed by atoms with Gasteiger partial charge in [0.1, 0.15) is 0 Å². The van der Waals surface area contributed by atoms with Crippen molar-refractivity contribution in [3.63, 3.8) is 0 Å². The van der Waals surface area contributed by atoms with Crippen molar-refractivity contribution in [3.8, 4) is 0 Å². The lowest BCUT2D eigenvalue weighted by Crippen LogP contribution is -2.05. The molecule has 0 radical (unpaired) electrons. The van der Waals surface area contributed by atoms with E-state index in [1.807, 2.05) is 12.3 Å². The van der Waals surface area contributed by atoms with Crippen LogP contribution in [0.15, 0.2) is 10.8 Å². The lowest BCUT2D eigenvalue weighted by Gasteiger charge is -2.06. The summed E-state index contributed by atoms with van der Waals surface area (Å²) in [6.45, 7) is 1.86. The summed E-state index contributed by atoms with van der Waals surface area (Å²) in [5, 5.41) is 21.5. The second-order valence-electron chi connectivity index (χ2n) is 2.62. The second kappa shape index (κ2) is 3.69. The van der Waals surface area contributed by atoms with Crippen LogP contribution in [0.3, 0.4) is 0 Å². The topological polar surface area (TPSA) is 57.5 Å². The Morgan fingerprint density at radius 3 is 2.75 bits per heavy atom. The number of carboxylic acids is 1. The van der Waals surface area contributed by atoms with Crippen LogP contribution in [0, 0.1) is 6.92 Å². The number of carboxylic acid groups (broad SMARTS) is 1. The summed E-state index contributed by atoms with van der Waals surface area (Å²) in [4.78, 5) is 10.3. The number of aliphatic carboxylic acids is 1. The van der Waals surface area contributed by atoms with Crippen LogP contribution >= 0.6 is 11.3 Å². The van der Waals surface area contributed by atoms with Crippen molar-refractivity contribution in [2.45, 2.75) is 19.4 Å². The molecule has 2 N–H and O–H groups in total. The zero-order chi connectivity index (χ0) is 9.14. The zero-order valence-corrected chi connectivity index (χ0v) is 7.47. The minimum absolute atomic E-state index is 0.225. The van der Waals surface area contributed by atoms with Gasteiger partial charge in [0.05, 0.1) is 12.5 Å². The Balaban J connectivity index is 2.71. The third-order valence-corrected chi connectivity index (χ3v) is 2.50. The summed E-state index contributed by atoms with van der Waals surface area (Å²) >= 11 is 1.47. The van der Waals surface area contributed by atoms with E-state index in [0.717, 1.165) is 11.1 Å². The van der Waals surface area contributed by atoms with E-state index in [-0.39, 0.29) is 6.42 Å². The Kier molecular flexibility index (Phi) is 2.83. The van der Waals surface area contributed by atoms with Gasteiger partial charge in [0, 0.05) is 0 Å². The molecule has 1 rings (SSSR count). The molecule has 1 atom stereocenters. The molecule has 1 aromatic heterocycles. The first-order chi connectivity index (χ1) is 5.61. The summed E-state index contributed by atoms with van der Waals surface area (Å²) in [5.41, 5.74) is 1.68. The van der Waals surface area contributed by atoms with Crippen molar-refractivity contribution in [1.82, 2.24) is 0 Å². The molecule has 1 unspecified atom stereocenters. The van der Waals surface area contributed by atoms with E-state index in [4.69, 9.17) is 5.11 Å². The number of aliphatic hydroxyl groups excluding tert-OH is 1. The molecule has 0 spiro atoms. The fourth-order valence-electron chi connectivity index (χ4n) is 0.987. The van der Waals surface area contributed by atoms with Gasteiger partial charge in [-0.05, 0) is 28.8 Å². The van der Waals surface area contributed by atoms with Gasteiger partial charge in [-0.2, -0.15) is 11.3 Å². The minimum Gasteiger partial charge on any atom is -0.481 e. The van der Waals surface area contributed by atoms with Crippen molar-refractivity contribution in [1.29, 1.82) is 0 Å². The van der Waals surface area contributed by atoms with Crippen LogP contribution < -0.4 is 0 Å². The molecular weight excluding hydrogens is 176 g/mol. The first kappa shape index (κ1) is 9.22. The molecule has 12 heavy (non-hydrogen) atoms. The maximum Gasteiger partial charge on any atom is 0.306 e. The number of carbonyl (C=O) groups is 1. The molecule has 0 saturated heterocycles. The van der Waals surface area contributed by atoms with E-state index >= 15 is 0 Å². The Hall–Kier alpha value is -0.870. The molecule has 1 heterocycles. The molecule has 0 aliphatic heterocycles. The van der Waals surface area contributed by atoms with Crippen LogP contribution in [-0.2, 0) is 4.79 Å². The summed E-state index contributed by atoms with van der Waals surface area (Å²) < 4.78 is 0. The van der Waals surface area contributed by atoms with Crippen molar-refractivity contribution < 1.29 is 15.0 Å². The molecule has 4 heteroatoms. The fourth-order valence-corrected chi connectivity index (χ4v) is 1.88. The molecule has 66 valence electrons. The number of thiophene rings is 1. The maximum atomic E-state index is 10.3. The van der Waals surface area contributed by atoms with Crippen LogP contribution in [0.4, 0.5) is 0 Å². The molecule has 0 amide bonds. The lowest BCUT2D eigenvalue weighted by molar-refractivity contribution is -0.139. The van der Waals surface area contributed by atoms with E-state index in [9.17, 15) is 9.90 Å². The van der Waals surface area contributed by atoms with Gasteiger partial charge in [0.2, 0.25) is 0 Å². The highest BCUT2D eigenvalue weighted by Gasteiger charge is 2.14. The van der Waals surface area contributed by atoms with Crippen LogP contribution in [0.5, 0.6) is 0 Å². The fraction of sp³-hybridized carbons (Fsp3) is 0.375. The number of hydrogen-bond acceptors (Lipinski definition) is 3. The van der Waals surface area contributed by atoms with Crippen molar-refractivity contribution in [3.05, 3.63) is 21.9 Å². The van der Waals surface area contributed by atoms with E-state index < -0.39 is 12.1 Å². The smallest absolute Gasteiger partial charge is 0.306 e. The highest BCUT2D eigenvalue weighted by Crippen LogP contribution is 2.23. The average molecular weight is 186 g/mol. The van der Waals surface area contributed by atoms with Gasteiger partial charge < -0.3 is 10.2 Å². The highest BCUT2D eigenvalue weighted by molar-refractivity contribution is 7.08. The van der Waals surface area contributed by atoms with Crippen LogP contribution in [0.1, 0.15) is 23.7 Å². The first-order valence-corrected chi connectivity index (χ1v) is 4.48. The van der Waals surface area contributed by atoms with Gasteiger partial charge in [-0.15, -0.1) is 0 Å². The summed E-state index contributed by atoms with van der Waals surface area (Å²) in [7, 11) is 0. The molecule has 0 aliphatic carbocycles. The quantitative estimate of drug-likeness (QED) is 0.753. The number of rotatable bonds is 3. The lowest BCUT2D eigenvalue weighted by atomic mass is 10.1. The van der Waals surface area contributed by atoms with Crippen LogP contribution in [-0.4, -0.2) is 16.2 Å². The zero-order valence-electron chi connectivity index (χ0n) is 6.65. The predicted octanol–water partition coefficient (Wildman–Crippen LogP) is 1.56. The normalized spacial score (nSPS) is 12.8. The largest absolute Gasteiger partial charge is 0.481 e. The minimum atomic E-state index is -0.979.